The van der Waals surface area contributed by atoms with E-state index in [2.05, 4.69) is 19.2 Å². The first-order valence-corrected chi connectivity index (χ1v) is 7.19. The summed E-state index contributed by atoms with van der Waals surface area (Å²) < 4.78 is 5.64. The Hall–Kier alpha value is -0.610. The number of carbonyl (C=O) groups is 1. The van der Waals surface area contributed by atoms with E-state index in [-0.39, 0.29) is 5.60 Å². The van der Waals surface area contributed by atoms with Gasteiger partial charge < -0.3 is 15.0 Å². The Morgan fingerprint density at radius 1 is 1.39 bits per heavy atom. The first-order chi connectivity index (χ1) is 8.57. The van der Waals surface area contributed by atoms with Crippen LogP contribution in [0.1, 0.15) is 39.5 Å². The SMILES string of the molecule is CC1(C)CN(C(=O)CCC2CCNCC2)CCO1. The minimum Gasteiger partial charge on any atom is -0.372 e. The lowest BCUT2D eigenvalue weighted by molar-refractivity contribution is -0.146. The van der Waals surface area contributed by atoms with E-state index in [1.807, 2.05) is 4.90 Å². The Morgan fingerprint density at radius 2 is 2.11 bits per heavy atom. The maximum atomic E-state index is 12.2. The zero-order chi connectivity index (χ0) is 13.0. The highest BCUT2D eigenvalue weighted by atomic mass is 16.5. The molecule has 2 aliphatic rings. The number of hydrogen-bond acceptors (Lipinski definition) is 3. The maximum Gasteiger partial charge on any atom is 0.222 e. The number of hydrogen-bond donors (Lipinski definition) is 1. The predicted molar refractivity (Wildman–Crippen MR) is 71.4 cm³/mol. The summed E-state index contributed by atoms with van der Waals surface area (Å²) in [4.78, 5) is 14.2. The Labute approximate surface area is 110 Å². The van der Waals surface area contributed by atoms with E-state index in [0.29, 0.717) is 18.9 Å². The summed E-state index contributed by atoms with van der Waals surface area (Å²) in [5, 5.41) is 3.36. The molecule has 2 rings (SSSR count). The van der Waals surface area contributed by atoms with Gasteiger partial charge in [-0.1, -0.05) is 0 Å². The van der Waals surface area contributed by atoms with E-state index in [4.69, 9.17) is 4.74 Å². The highest BCUT2D eigenvalue weighted by molar-refractivity contribution is 5.76. The molecule has 1 N–H and O–H groups in total. The molecule has 0 aromatic carbocycles. The molecule has 0 saturated carbocycles. The zero-order valence-corrected chi connectivity index (χ0v) is 11.7. The Balaban J connectivity index is 1.73. The maximum absolute atomic E-state index is 12.2. The fourth-order valence-electron chi connectivity index (χ4n) is 2.89. The fraction of sp³-hybridized carbons (Fsp3) is 0.929. The van der Waals surface area contributed by atoms with Gasteiger partial charge >= 0.3 is 0 Å². The standard InChI is InChI=1S/C14H26N2O2/c1-14(2)11-16(9-10-18-14)13(17)4-3-12-5-7-15-8-6-12/h12,15H,3-11H2,1-2H3. The first kappa shape index (κ1) is 13.8. The van der Waals surface area contributed by atoms with Crippen molar-refractivity contribution in [2.75, 3.05) is 32.8 Å². The van der Waals surface area contributed by atoms with E-state index in [0.717, 1.165) is 38.5 Å². The third-order valence-corrected chi connectivity index (χ3v) is 4.00. The molecule has 0 aromatic rings. The molecule has 2 heterocycles. The molecule has 0 bridgehead atoms. The van der Waals surface area contributed by atoms with Crippen LogP contribution in [0.5, 0.6) is 0 Å². The molecule has 0 aromatic heterocycles. The smallest absolute Gasteiger partial charge is 0.222 e. The third-order valence-electron chi connectivity index (χ3n) is 4.00. The van der Waals surface area contributed by atoms with Gasteiger partial charge in [0.1, 0.15) is 0 Å². The molecule has 0 unspecified atom stereocenters. The minimum atomic E-state index is -0.178. The second-order valence-corrected chi connectivity index (χ2v) is 6.16. The summed E-state index contributed by atoms with van der Waals surface area (Å²) in [5.41, 5.74) is -0.178. The Bertz CT molecular complexity index is 286. The molecular formula is C14H26N2O2. The average molecular weight is 254 g/mol. The van der Waals surface area contributed by atoms with Crippen molar-refractivity contribution in [3.63, 3.8) is 0 Å². The van der Waals surface area contributed by atoms with E-state index in [9.17, 15) is 4.79 Å². The van der Waals surface area contributed by atoms with Crippen LogP contribution in [0.3, 0.4) is 0 Å². The Kier molecular flexibility index (Phi) is 4.62. The van der Waals surface area contributed by atoms with Gasteiger partial charge in [0.2, 0.25) is 5.91 Å². The normalized spacial score (nSPS) is 25.1. The van der Waals surface area contributed by atoms with E-state index in [1.54, 1.807) is 0 Å². The summed E-state index contributed by atoms with van der Waals surface area (Å²) in [6, 6.07) is 0. The first-order valence-electron chi connectivity index (χ1n) is 7.19. The van der Waals surface area contributed by atoms with Crippen LogP contribution in [0.4, 0.5) is 0 Å². The molecule has 4 nitrogen and oxygen atoms in total. The number of nitrogens with zero attached hydrogens (tertiary/aromatic N) is 1. The zero-order valence-electron chi connectivity index (χ0n) is 11.7. The predicted octanol–water partition coefficient (Wildman–Crippen LogP) is 1.40. The molecule has 0 aliphatic carbocycles. The molecule has 2 fully saturated rings. The van der Waals surface area contributed by atoms with Crippen LogP contribution < -0.4 is 5.32 Å². The van der Waals surface area contributed by atoms with Crippen molar-refractivity contribution in [2.24, 2.45) is 5.92 Å². The van der Waals surface area contributed by atoms with Crippen LogP contribution in [-0.2, 0) is 9.53 Å². The molecular weight excluding hydrogens is 228 g/mol. The van der Waals surface area contributed by atoms with Gasteiger partial charge in [0, 0.05) is 19.5 Å². The van der Waals surface area contributed by atoms with Crippen molar-refractivity contribution in [1.82, 2.24) is 10.2 Å². The summed E-state index contributed by atoms with van der Waals surface area (Å²) in [7, 11) is 0. The minimum absolute atomic E-state index is 0.178. The molecule has 1 amide bonds. The van der Waals surface area contributed by atoms with Crippen LogP contribution in [0.15, 0.2) is 0 Å². The van der Waals surface area contributed by atoms with Gasteiger partial charge in [0.05, 0.1) is 12.2 Å². The van der Waals surface area contributed by atoms with E-state index in [1.165, 1.54) is 12.8 Å². The lowest BCUT2D eigenvalue weighted by Crippen LogP contribution is -2.50. The summed E-state index contributed by atoms with van der Waals surface area (Å²) in [6.45, 7) is 8.50. The second-order valence-electron chi connectivity index (χ2n) is 6.16. The van der Waals surface area contributed by atoms with Crippen LogP contribution >= 0.6 is 0 Å². The summed E-state index contributed by atoms with van der Waals surface area (Å²) in [5.74, 6) is 1.05. The topological polar surface area (TPSA) is 41.6 Å². The second kappa shape index (κ2) is 6.02. The van der Waals surface area contributed by atoms with E-state index < -0.39 is 0 Å². The summed E-state index contributed by atoms with van der Waals surface area (Å²) >= 11 is 0. The van der Waals surface area contributed by atoms with Crippen LogP contribution in [-0.4, -0.2) is 49.2 Å². The lowest BCUT2D eigenvalue weighted by Gasteiger charge is -2.38. The van der Waals surface area contributed by atoms with Crippen molar-refractivity contribution in [3.8, 4) is 0 Å². The lowest BCUT2D eigenvalue weighted by atomic mass is 9.93. The highest BCUT2D eigenvalue weighted by Crippen LogP contribution is 2.21. The van der Waals surface area contributed by atoms with Gasteiger partial charge in [-0.2, -0.15) is 0 Å². The number of ether oxygens (including phenoxy) is 1. The van der Waals surface area contributed by atoms with Crippen LogP contribution in [0.2, 0.25) is 0 Å². The molecule has 2 saturated heterocycles. The molecule has 0 atom stereocenters. The van der Waals surface area contributed by atoms with Gasteiger partial charge in [-0.05, 0) is 52.1 Å². The van der Waals surface area contributed by atoms with Gasteiger partial charge in [0.25, 0.3) is 0 Å². The van der Waals surface area contributed by atoms with Gasteiger partial charge in [-0.25, -0.2) is 0 Å². The van der Waals surface area contributed by atoms with Crippen molar-refractivity contribution < 1.29 is 9.53 Å². The van der Waals surface area contributed by atoms with Gasteiger partial charge in [0.15, 0.2) is 0 Å². The number of morpholine rings is 1. The van der Waals surface area contributed by atoms with Crippen LogP contribution in [0, 0.1) is 5.92 Å². The number of amides is 1. The van der Waals surface area contributed by atoms with E-state index >= 15 is 0 Å². The molecule has 0 spiro atoms. The number of rotatable bonds is 3. The third kappa shape index (κ3) is 3.95. The molecule has 0 radical (unpaired) electrons. The molecule has 2 aliphatic heterocycles. The molecule has 104 valence electrons. The van der Waals surface area contributed by atoms with Crippen LogP contribution in [0.25, 0.3) is 0 Å². The highest BCUT2D eigenvalue weighted by Gasteiger charge is 2.29. The van der Waals surface area contributed by atoms with Crippen molar-refractivity contribution in [1.29, 1.82) is 0 Å². The summed E-state index contributed by atoms with van der Waals surface area (Å²) in [6.07, 6.45) is 4.21. The molecule has 4 heteroatoms. The number of nitrogens with one attached hydrogen (secondary N) is 1. The van der Waals surface area contributed by atoms with Crippen molar-refractivity contribution >= 4 is 5.91 Å². The number of piperidine rings is 1. The van der Waals surface area contributed by atoms with Gasteiger partial charge in [-0.3, -0.25) is 4.79 Å². The van der Waals surface area contributed by atoms with Crippen molar-refractivity contribution in [3.05, 3.63) is 0 Å². The Morgan fingerprint density at radius 3 is 2.78 bits per heavy atom. The van der Waals surface area contributed by atoms with Gasteiger partial charge in [-0.15, -0.1) is 0 Å². The fourth-order valence-corrected chi connectivity index (χ4v) is 2.89. The van der Waals surface area contributed by atoms with Crippen molar-refractivity contribution in [2.45, 2.75) is 45.1 Å². The monoisotopic (exact) mass is 254 g/mol. The quantitative estimate of drug-likeness (QED) is 0.828. The average Bonchev–Trinajstić information content (AvgIpc) is 2.36. The largest absolute Gasteiger partial charge is 0.372 e. The molecule has 18 heavy (non-hydrogen) atoms. The number of carbonyl (C=O) groups excluding carboxylic acids is 1.